The molecule has 31 heavy (non-hydrogen) atoms. The molecule has 2 aromatic carbocycles. The van der Waals surface area contributed by atoms with Crippen LogP contribution < -0.4 is 14.8 Å². The minimum atomic E-state index is -4.37. The molecule has 1 aromatic heterocycles. The zero-order valence-electron chi connectivity index (χ0n) is 15.9. The molecule has 1 fully saturated rings. The van der Waals surface area contributed by atoms with Crippen LogP contribution in [0.2, 0.25) is 5.02 Å². The number of anilines is 1. The molecule has 0 spiro atoms. The Kier molecular flexibility index (Phi) is 6.37. The second-order valence-electron chi connectivity index (χ2n) is 6.95. The Morgan fingerprint density at radius 3 is 2.68 bits per heavy atom. The van der Waals surface area contributed by atoms with Crippen molar-refractivity contribution in [3.8, 4) is 5.75 Å². The number of ether oxygens (including phenoxy) is 1. The Hall–Kier alpha value is -2.34. The highest BCUT2D eigenvalue weighted by Gasteiger charge is 2.30. The van der Waals surface area contributed by atoms with Crippen LogP contribution in [0.1, 0.15) is 11.5 Å². The molecule has 1 aliphatic rings. The summed E-state index contributed by atoms with van der Waals surface area (Å²) in [6.07, 6.45) is 1.14. The quantitative estimate of drug-likeness (QED) is 0.529. The minimum absolute atomic E-state index is 0.0196. The van der Waals surface area contributed by atoms with Crippen LogP contribution in [-0.2, 0) is 10.0 Å². The highest BCUT2D eigenvalue weighted by atomic mass is 35.5. The molecule has 0 aliphatic carbocycles. The molecule has 2 N–H and O–H groups in total. The van der Waals surface area contributed by atoms with E-state index in [2.05, 4.69) is 19.4 Å². The number of halogens is 3. The summed E-state index contributed by atoms with van der Waals surface area (Å²) < 4.78 is 65.0. The van der Waals surface area contributed by atoms with E-state index in [0.29, 0.717) is 17.6 Å². The predicted octanol–water partition coefficient (Wildman–Crippen LogP) is 3.65. The topological polar surface area (TPSA) is 93.2 Å². The molecular formula is C19H17ClF2N4O3S2. The van der Waals surface area contributed by atoms with Crippen molar-refractivity contribution >= 4 is 38.3 Å². The molecule has 2 heterocycles. The standard InChI is InChI=1S/C19H17ClF2N4O3S2/c20-13-3-1-11(2-4-13)14-8-23-7-12(14)9-29-17-5-16(22)18(6-15(17)21)31(27,28)26-19-24-10-25-30-19/h1-6,10,12,14,23H,7-9H2,(H,24,25,26)/t12-,14-/m0/s1. The van der Waals surface area contributed by atoms with Gasteiger partial charge in [0.1, 0.15) is 17.0 Å². The van der Waals surface area contributed by atoms with Gasteiger partial charge in [-0.15, -0.1) is 0 Å². The van der Waals surface area contributed by atoms with E-state index in [9.17, 15) is 17.2 Å². The third kappa shape index (κ3) is 4.95. The summed E-state index contributed by atoms with van der Waals surface area (Å²) >= 11 is 6.72. The first kappa shape index (κ1) is 21.9. The van der Waals surface area contributed by atoms with Crippen LogP contribution in [0.3, 0.4) is 0 Å². The van der Waals surface area contributed by atoms with E-state index < -0.39 is 26.6 Å². The Morgan fingerprint density at radius 2 is 1.97 bits per heavy atom. The fraction of sp³-hybridized carbons (Fsp3) is 0.263. The van der Waals surface area contributed by atoms with Crippen LogP contribution >= 0.6 is 23.1 Å². The number of hydrogen-bond acceptors (Lipinski definition) is 7. The average Bonchev–Trinajstić information content (AvgIpc) is 3.40. The molecule has 0 amide bonds. The molecule has 3 aromatic rings. The van der Waals surface area contributed by atoms with Gasteiger partial charge in [-0.05, 0) is 17.7 Å². The third-order valence-corrected chi connectivity index (χ3v) is 7.27. The smallest absolute Gasteiger partial charge is 0.266 e. The van der Waals surface area contributed by atoms with Crippen LogP contribution in [0.15, 0.2) is 47.6 Å². The summed E-state index contributed by atoms with van der Waals surface area (Å²) in [5.41, 5.74) is 1.07. The van der Waals surface area contributed by atoms with Gasteiger partial charge >= 0.3 is 0 Å². The normalized spacial score (nSPS) is 18.8. The Balaban J connectivity index is 1.48. The zero-order valence-corrected chi connectivity index (χ0v) is 18.3. The van der Waals surface area contributed by atoms with E-state index in [0.717, 1.165) is 36.0 Å². The lowest BCUT2D eigenvalue weighted by molar-refractivity contribution is 0.237. The average molecular weight is 487 g/mol. The van der Waals surface area contributed by atoms with E-state index in [1.54, 1.807) is 12.1 Å². The molecule has 0 unspecified atom stereocenters. The van der Waals surface area contributed by atoms with Gasteiger partial charge in [-0.1, -0.05) is 23.7 Å². The van der Waals surface area contributed by atoms with Crippen LogP contribution in [0.25, 0.3) is 0 Å². The molecule has 0 saturated carbocycles. The van der Waals surface area contributed by atoms with Crippen molar-refractivity contribution in [2.24, 2.45) is 5.92 Å². The van der Waals surface area contributed by atoms with E-state index in [4.69, 9.17) is 16.3 Å². The summed E-state index contributed by atoms with van der Waals surface area (Å²) in [5.74, 6) is -2.32. The third-order valence-electron chi connectivity index (χ3n) is 4.95. The molecule has 12 heteroatoms. The predicted molar refractivity (Wildman–Crippen MR) is 113 cm³/mol. The van der Waals surface area contributed by atoms with E-state index >= 15 is 0 Å². The number of hydrogen-bond donors (Lipinski definition) is 2. The number of sulfonamides is 1. The molecule has 0 radical (unpaired) electrons. The van der Waals surface area contributed by atoms with Crippen LogP contribution in [0, 0.1) is 17.6 Å². The highest BCUT2D eigenvalue weighted by molar-refractivity contribution is 7.93. The summed E-state index contributed by atoms with van der Waals surface area (Å²) in [6, 6.07) is 8.80. The lowest BCUT2D eigenvalue weighted by Crippen LogP contribution is -2.20. The van der Waals surface area contributed by atoms with Gasteiger partial charge < -0.3 is 10.1 Å². The van der Waals surface area contributed by atoms with E-state index in [-0.39, 0.29) is 29.3 Å². The Bertz CT molecular complexity index is 1160. The van der Waals surface area contributed by atoms with E-state index in [1.165, 1.54) is 0 Å². The van der Waals surface area contributed by atoms with Crippen molar-refractivity contribution in [3.63, 3.8) is 0 Å². The lowest BCUT2D eigenvalue weighted by Gasteiger charge is -2.20. The first-order valence-corrected chi connectivity index (χ1v) is 11.8. The molecule has 164 valence electrons. The van der Waals surface area contributed by atoms with Crippen molar-refractivity contribution in [1.82, 2.24) is 14.7 Å². The Labute approximate surface area is 186 Å². The fourth-order valence-electron chi connectivity index (χ4n) is 3.42. The summed E-state index contributed by atoms with van der Waals surface area (Å²) in [5, 5.41) is 3.85. The first-order valence-electron chi connectivity index (χ1n) is 9.21. The first-order chi connectivity index (χ1) is 14.8. The molecule has 4 rings (SSSR count). The van der Waals surface area contributed by atoms with Crippen LogP contribution in [0.4, 0.5) is 13.9 Å². The van der Waals surface area contributed by atoms with Gasteiger partial charge in [0, 0.05) is 53.6 Å². The Morgan fingerprint density at radius 1 is 1.19 bits per heavy atom. The van der Waals surface area contributed by atoms with Crippen molar-refractivity contribution in [1.29, 1.82) is 0 Å². The second-order valence-corrected chi connectivity index (χ2v) is 9.82. The zero-order chi connectivity index (χ0) is 22.0. The summed E-state index contributed by atoms with van der Waals surface area (Å²) in [4.78, 5) is 2.83. The second kappa shape index (κ2) is 9.03. The number of benzene rings is 2. The van der Waals surface area contributed by atoms with Crippen LogP contribution in [-0.4, -0.2) is 37.5 Å². The SMILES string of the molecule is O=S(=O)(Nc1ncns1)c1cc(F)c(OC[C@@H]2CNC[C@H]2c2ccc(Cl)cc2)cc1F. The lowest BCUT2D eigenvalue weighted by atomic mass is 9.89. The number of nitrogens with one attached hydrogen (secondary N) is 2. The molecular weight excluding hydrogens is 470 g/mol. The maximum atomic E-state index is 14.5. The van der Waals surface area contributed by atoms with Gasteiger partial charge in [-0.25, -0.2) is 22.2 Å². The van der Waals surface area contributed by atoms with Gasteiger partial charge in [0.25, 0.3) is 10.0 Å². The summed E-state index contributed by atoms with van der Waals surface area (Å²) in [7, 11) is -4.37. The summed E-state index contributed by atoms with van der Waals surface area (Å²) in [6.45, 7) is 1.50. The van der Waals surface area contributed by atoms with Gasteiger partial charge in [0.05, 0.1) is 6.61 Å². The molecule has 7 nitrogen and oxygen atoms in total. The van der Waals surface area contributed by atoms with Crippen molar-refractivity contribution < 1.29 is 21.9 Å². The van der Waals surface area contributed by atoms with Gasteiger partial charge in [0.15, 0.2) is 11.6 Å². The maximum Gasteiger partial charge on any atom is 0.266 e. The molecule has 0 bridgehead atoms. The molecule has 2 atom stereocenters. The number of aromatic nitrogens is 2. The van der Waals surface area contributed by atoms with E-state index in [1.807, 2.05) is 12.1 Å². The van der Waals surface area contributed by atoms with Crippen molar-refractivity contribution in [3.05, 3.63) is 64.9 Å². The van der Waals surface area contributed by atoms with Gasteiger partial charge in [-0.2, -0.15) is 4.37 Å². The molecule has 1 saturated heterocycles. The van der Waals surface area contributed by atoms with Crippen molar-refractivity contribution in [2.75, 3.05) is 24.4 Å². The van der Waals surface area contributed by atoms with Crippen molar-refractivity contribution in [2.45, 2.75) is 10.8 Å². The van der Waals surface area contributed by atoms with Crippen LogP contribution in [0.5, 0.6) is 5.75 Å². The monoisotopic (exact) mass is 486 g/mol. The molecule has 1 aliphatic heterocycles. The highest BCUT2D eigenvalue weighted by Crippen LogP contribution is 2.31. The van der Waals surface area contributed by atoms with Gasteiger partial charge in [-0.3, -0.25) is 4.72 Å². The minimum Gasteiger partial charge on any atom is -0.490 e. The largest absolute Gasteiger partial charge is 0.490 e. The fourth-order valence-corrected chi connectivity index (χ4v) is 5.28. The van der Waals surface area contributed by atoms with Gasteiger partial charge in [0.2, 0.25) is 5.13 Å². The number of nitrogens with zero attached hydrogens (tertiary/aromatic N) is 2. The number of rotatable bonds is 7. The maximum absolute atomic E-state index is 14.5.